The Kier molecular flexibility index (Phi) is 4.51. The van der Waals surface area contributed by atoms with Gasteiger partial charge < -0.3 is 15.2 Å². The summed E-state index contributed by atoms with van der Waals surface area (Å²) in [4.78, 5) is 21.8. The number of carbonyl (C=O) groups excluding carboxylic acids is 2. The number of hydrogen-bond acceptors (Lipinski definition) is 4. The van der Waals surface area contributed by atoms with Gasteiger partial charge in [-0.3, -0.25) is 9.59 Å². The van der Waals surface area contributed by atoms with Crippen LogP contribution in [0.25, 0.3) is 0 Å². The van der Waals surface area contributed by atoms with Gasteiger partial charge in [0.2, 0.25) is 0 Å². The van der Waals surface area contributed by atoms with Crippen molar-refractivity contribution in [3.05, 3.63) is 29.8 Å². The number of methoxy groups -OCH3 is 1. The summed E-state index contributed by atoms with van der Waals surface area (Å²) in [5.74, 6) is -0.623. The van der Waals surface area contributed by atoms with Crippen molar-refractivity contribution in [2.75, 3.05) is 13.7 Å². The van der Waals surface area contributed by atoms with Gasteiger partial charge in [0.05, 0.1) is 13.0 Å². The third-order valence-electron chi connectivity index (χ3n) is 2.32. The summed E-state index contributed by atoms with van der Waals surface area (Å²) in [6.45, 7) is 1.59. The fraction of sp³-hybridized carbons (Fsp3) is 0.333. The minimum absolute atomic E-state index is 0.161. The Hall–Kier alpha value is -2.04. The molecule has 0 saturated heterocycles. The Bertz CT molecular complexity index is 399. The number of nitrogens with two attached hydrogens (primary N) is 1. The first-order valence-electron chi connectivity index (χ1n) is 5.13. The van der Waals surface area contributed by atoms with Crippen LogP contribution < -0.4 is 10.5 Å². The summed E-state index contributed by atoms with van der Waals surface area (Å²) in [6.07, 6.45) is 0. The van der Waals surface area contributed by atoms with Crippen molar-refractivity contribution in [2.45, 2.75) is 12.8 Å². The molecule has 0 aliphatic heterocycles. The molecule has 2 N–H and O–H groups in total. The zero-order valence-corrected chi connectivity index (χ0v) is 9.80. The Balaban J connectivity index is 2.67. The maximum atomic E-state index is 11.3. The average molecular weight is 237 g/mol. The normalized spacial score (nSPS) is 11.6. The molecule has 1 unspecified atom stereocenters. The number of amides is 1. The second kappa shape index (κ2) is 5.89. The zero-order chi connectivity index (χ0) is 12.8. The van der Waals surface area contributed by atoms with Crippen LogP contribution in [-0.4, -0.2) is 25.6 Å². The van der Waals surface area contributed by atoms with Gasteiger partial charge in [0.15, 0.2) is 6.61 Å². The summed E-state index contributed by atoms with van der Waals surface area (Å²) < 4.78 is 9.74. The van der Waals surface area contributed by atoms with E-state index < -0.39 is 5.91 Å². The lowest BCUT2D eigenvalue weighted by atomic mass is 10.0. The van der Waals surface area contributed by atoms with Gasteiger partial charge in [-0.25, -0.2) is 0 Å². The Morgan fingerprint density at radius 2 is 1.88 bits per heavy atom. The smallest absolute Gasteiger partial charge is 0.312 e. The van der Waals surface area contributed by atoms with Gasteiger partial charge in [-0.05, 0) is 24.6 Å². The molecular weight excluding hydrogens is 222 g/mol. The second-order valence-electron chi connectivity index (χ2n) is 3.57. The zero-order valence-electron chi connectivity index (χ0n) is 9.80. The Morgan fingerprint density at radius 3 is 2.35 bits per heavy atom. The van der Waals surface area contributed by atoms with Gasteiger partial charge in [0.1, 0.15) is 5.75 Å². The molecule has 1 atom stereocenters. The standard InChI is InChI=1S/C12H15NO4/c1-8(12(15)16-2)9-3-5-10(6-4-9)17-7-11(13)14/h3-6,8H,7H2,1-2H3,(H2,13,14). The van der Waals surface area contributed by atoms with E-state index in [-0.39, 0.29) is 18.5 Å². The van der Waals surface area contributed by atoms with Gasteiger partial charge in [0, 0.05) is 0 Å². The lowest BCUT2D eigenvalue weighted by molar-refractivity contribution is -0.142. The summed E-state index contributed by atoms with van der Waals surface area (Å²) >= 11 is 0. The second-order valence-corrected chi connectivity index (χ2v) is 3.57. The average Bonchev–Trinajstić information content (AvgIpc) is 2.35. The lowest BCUT2D eigenvalue weighted by Crippen LogP contribution is -2.20. The highest BCUT2D eigenvalue weighted by Crippen LogP contribution is 2.20. The predicted octanol–water partition coefficient (Wildman–Crippen LogP) is 0.827. The molecule has 0 saturated carbocycles. The molecule has 0 fully saturated rings. The van der Waals surface area contributed by atoms with E-state index in [1.54, 1.807) is 31.2 Å². The topological polar surface area (TPSA) is 78.6 Å². The molecule has 17 heavy (non-hydrogen) atoms. The number of esters is 1. The van der Waals surface area contributed by atoms with Crippen LogP contribution in [0.2, 0.25) is 0 Å². The van der Waals surface area contributed by atoms with Crippen LogP contribution in [0.1, 0.15) is 18.4 Å². The van der Waals surface area contributed by atoms with E-state index in [9.17, 15) is 9.59 Å². The molecule has 0 aliphatic carbocycles. The van der Waals surface area contributed by atoms with Gasteiger partial charge in [-0.1, -0.05) is 12.1 Å². The van der Waals surface area contributed by atoms with Crippen LogP contribution in [0.15, 0.2) is 24.3 Å². The number of benzene rings is 1. The molecule has 1 aromatic rings. The Morgan fingerprint density at radius 1 is 1.29 bits per heavy atom. The van der Waals surface area contributed by atoms with Gasteiger partial charge in [-0.2, -0.15) is 0 Å². The first-order valence-corrected chi connectivity index (χ1v) is 5.13. The SMILES string of the molecule is COC(=O)C(C)c1ccc(OCC(N)=O)cc1. The highest BCUT2D eigenvalue weighted by Gasteiger charge is 2.15. The van der Waals surface area contributed by atoms with E-state index >= 15 is 0 Å². The number of hydrogen-bond donors (Lipinski definition) is 1. The monoisotopic (exact) mass is 237 g/mol. The van der Waals surface area contributed by atoms with Crippen molar-refractivity contribution in [1.29, 1.82) is 0 Å². The molecule has 0 aliphatic rings. The van der Waals surface area contributed by atoms with Crippen molar-refractivity contribution < 1.29 is 19.1 Å². The number of carbonyl (C=O) groups is 2. The Labute approximate surface area is 99.5 Å². The fourth-order valence-corrected chi connectivity index (χ4v) is 1.32. The van der Waals surface area contributed by atoms with Crippen molar-refractivity contribution in [1.82, 2.24) is 0 Å². The predicted molar refractivity (Wildman–Crippen MR) is 61.6 cm³/mol. The van der Waals surface area contributed by atoms with Crippen LogP contribution in [0.5, 0.6) is 5.75 Å². The largest absolute Gasteiger partial charge is 0.484 e. The number of ether oxygens (including phenoxy) is 2. The minimum Gasteiger partial charge on any atom is -0.484 e. The van der Waals surface area contributed by atoms with Gasteiger partial charge in [-0.15, -0.1) is 0 Å². The molecule has 1 amide bonds. The molecular formula is C12H15NO4. The summed E-state index contributed by atoms with van der Waals surface area (Å²) in [5.41, 5.74) is 5.77. The summed E-state index contributed by atoms with van der Waals surface area (Å²) in [5, 5.41) is 0. The van der Waals surface area contributed by atoms with Crippen LogP contribution in [-0.2, 0) is 14.3 Å². The molecule has 0 spiro atoms. The quantitative estimate of drug-likeness (QED) is 0.769. The number of primary amides is 1. The molecule has 1 rings (SSSR count). The molecule has 5 heteroatoms. The lowest BCUT2D eigenvalue weighted by Gasteiger charge is -2.10. The highest BCUT2D eigenvalue weighted by atomic mass is 16.5. The molecule has 5 nitrogen and oxygen atoms in total. The fourth-order valence-electron chi connectivity index (χ4n) is 1.32. The molecule has 0 aromatic heterocycles. The first kappa shape index (κ1) is 13.0. The van der Waals surface area contributed by atoms with Gasteiger partial charge in [0.25, 0.3) is 5.91 Å². The van der Waals surface area contributed by atoms with E-state index in [0.29, 0.717) is 5.75 Å². The van der Waals surface area contributed by atoms with E-state index in [4.69, 9.17) is 10.5 Å². The van der Waals surface area contributed by atoms with Crippen molar-refractivity contribution >= 4 is 11.9 Å². The third-order valence-corrected chi connectivity index (χ3v) is 2.32. The summed E-state index contributed by atoms with van der Waals surface area (Å²) in [7, 11) is 1.35. The summed E-state index contributed by atoms with van der Waals surface area (Å²) in [6, 6.07) is 6.85. The number of rotatable bonds is 5. The minimum atomic E-state index is -0.531. The van der Waals surface area contributed by atoms with Gasteiger partial charge >= 0.3 is 5.97 Å². The van der Waals surface area contributed by atoms with E-state index in [2.05, 4.69) is 4.74 Å². The van der Waals surface area contributed by atoms with Crippen LogP contribution in [0, 0.1) is 0 Å². The molecule has 0 bridgehead atoms. The highest BCUT2D eigenvalue weighted by molar-refractivity contribution is 5.77. The maximum absolute atomic E-state index is 11.3. The third kappa shape index (κ3) is 3.79. The van der Waals surface area contributed by atoms with Crippen molar-refractivity contribution in [3.63, 3.8) is 0 Å². The maximum Gasteiger partial charge on any atom is 0.312 e. The molecule has 92 valence electrons. The van der Waals surface area contributed by atoms with E-state index in [0.717, 1.165) is 5.56 Å². The molecule has 1 aromatic carbocycles. The van der Waals surface area contributed by atoms with Crippen molar-refractivity contribution in [2.24, 2.45) is 5.73 Å². The van der Waals surface area contributed by atoms with Crippen LogP contribution in [0.4, 0.5) is 0 Å². The molecule has 0 radical (unpaired) electrons. The van der Waals surface area contributed by atoms with E-state index in [1.165, 1.54) is 7.11 Å². The van der Waals surface area contributed by atoms with E-state index in [1.807, 2.05) is 0 Å². The van der Waals surface area contributed by atoms with Crippen LogP contribution in [0.3, 0.4) is 0 Å². The van der Waals surface area contributed by atoms with Crippen molar-refractivity contribution in [3.8, 4) is 5.75 Å². The van der Waals surface area contributed by atoms with Crippen LogP contribution >= 0.6 is 0 Å². The first-order chi connectivity index (χ1) is 8.04. The molecule has 0 heterocycles.